The molecular formula is C15H28N4O3. The monoisotopic (exact) mass is 312 g/mol. The van der Waals surface area contributed by atoms with Crippen LogP contribution in [0.5, 0.6) is 0 Å². The third-order valence-electron chi connectivity index (χ3n) is 3.24. The first-order chi connectivity index (χ1) is 10.5. The smallest absolute Gasteiger partial charge is 0.409 e. The summed E-state index contributed by atoms with van der Waals surface area (Å²) in [4.78, 5) is 17.5. The number of nitrogens with two attached hydrogens (primary N) is 1. The molecule has 3 N–H and O–H groups in total. The number of ether oxygens (including phenoxy) is 2. The minimum Gasteiger partial charge on any atom is -0.450 e. The first-order valence-corrected chi connectivity index (χ1v) is 7.73. The molecule has 0 aromatic heterocycles. The van der Waals surface area contributed by atoms with Gasteiger partial charge in [-0.1, -0.05) is 12.2 Å². The predicted molar refractivity (Wildman–Crippen MR) is 86.9 cm³/mol. The molecular weight excluding hydrogens is 284 g/mol. The van der Waals surface area contributed by atoms with E-state index in [0.717, 1.165) is 18.4 Å². The van der Waals surface area contributed by atoms with Gasteiger partial charge in [-0.25, -0.2) is 4.79 Å². The number of carbonyl (C=O) groups excluding carboxylic acids is 1. The van der Waals surface area contributed by atoms with E-state index >= 15 is 0 Å². The number of nitrogens with one attached hydrogen (secondary N) is 1. The molecule has 1 heterocycles. The Morgan fingerprint density at radius 3 is 2.73 bits per heavy atom. The van der Waals surface area contributed by atoms with Gasteiger partial charge in [-0.05, 0) is 26.7 Å². The number of rotatable bonds is 7. The van der Waals surface area contributed by atoms with Crippen molar-refractivity contribution in [3.05, 3.63) is 12.2 Å². The third-order valence-corrected chi connectivity index (χ3v) is 3.24. The van der Waals surface area contributed by atoms with Crippen molar-refractivity contribution in [2.75, 3.05) is 39.5 Å². The van der Waals surface area contributed by atoms with Crippen LogP contribution < -0.4 is 11.1 Å². The average molecular weight is 312 g/mol. The Morgan fingerprint density at radius 2 is 2.14 bits per heavy atom. The van der Waals surface area contributed by atoms with Crippen LogP contribution in [0.2, 0.25) is 0 Å². The lowest BCUT2D eigenvalue weighted by Crippen LogP contribution is -2.48. The summed E-state index contributed by atoms with van der Waals surface area (Å²) in [6.07, 6.45) is 1.43. The maximum Gasteiger partial charge on any atom is 0.409 e. The van der Waals surface area contributed by atoms with Gasteiger partial charge in [0.2, 0.25) is 0 Å². The van der Waals surface area contributed by atoms with E-state index in [1.165, 1.54) is 0 Å². The average Bonchev–Trinajstić information content (AvgIpc) is 2.47. The van der Waals surface area contributed by atoms with E-state index in [-0.39, 0.29) is 12.1 Å². The molecule has 1 saturated heterocycles. The summed E-state index contributed by atoms with van der Waals surface area (Å²) in [7, 11) is 0. The summed E-state index contributed by atoms with van der Waals surface area (Å²) in [5, 5.41) is 3.19. The molecule has 0 atom stereocenters. The van der Waals surface area contributed by atoms with Crippen LogP contribution in [0.1, 0.15) is 26.7 Å². The largest absolute Gasteiger partial charge is 0.450 e. The van der Waals surface area contributed by atoms with Gasteiger partial charge in [-0.3, -0.25) is 4.99 Å². The van der Waals surface area contributed by atoms with E-state index in [1.54, 1.807) is 4.90 Å². The van der Waals surface area contributed by atoms with E-state index in [9.17, 15) is 4.79 Å². The molecule has 0 saturated carbocycles. The fraction of sp³-hybridized carbons (Fsp3) is 0.733. The van der Waals surface area contributed by atoms with Gasteiger partial charge in [0.25, 0.3) is 0 Å². The van der Waals surface area contributed by atoms with Crippen LogP contribution in [0, 0.1) is 0 Å². The fourth-order valence-corrected chi connectivity index (χ4v) is 2.15. The molecule has 0 radical (unpaired) electrons. The summed E-state index contributed by atoms with van der Waals surface area (Å²) in [5.41, 5.74) is 6.84. The second-order valence-corrected chi connectivity index (χ2v) is 5.38. The second-order valence-electron chi connectivity index (χ2n) is 5.38. The van der Waals surface area contributed by atoms with Crippen molar-refractivity contribution in [3.63, 3.8) is 0 Å². The summed E-state index contributed by atoms with van der Waals surface area (Å²) in [6.45, 7) is 10.8. The lowest BCUT2D eigenvalue weighted by Gasteiger charge is -2.31. The standard InChI is InChI=1S/C15H28N4O3/c1-4-22-15(20)19-8-5-13(6-9-19)18-14(16)17-7-10-21-11-12(2)3/h13H,2,4-11H2,1,3H3,(H3,16,17,18). The molecule has 7 nitrogen and oxygen atoms in total. The number of nitrogens with zero attached hydrogens (tertiary/aromatic N) is 2. The summed E-state index contributed by atoms with van der Waals surface area (Å²) < 4.78 is 10.3. The highest BCUT2D eigenvalue weighted by molar-refractivity contribution is 5.78. The second kappa shape index (κ2) is 10.0. The highest BCUT2D eigenvalue weighted by atomic mass is 16.6. The van der Waals surface area contributed by atoms with Crippen molar-refractivity contribution < 1.29 is 14.3 Å². The molecule has 7 heteroatoms. The molecule has 0 aromatic carbocycles. The van der Waals surface area contributed by atoms with Crippen LogP contribution in [0.3, 0.4) is 0 Å². The molecule has 1 aliphatic rings. The first-order valence-electron chi connectivity index (χ1n) is 7.73. The first kappa shape index (κ1) is 18.3. The Morgan fingerprint density at radius 1 is 1.45 bits per heavy atom. The van der Waals surface area contributed by atoms with Crippen LogP contribution >= 0.6 is 0 Å². The maximum atomic E-state index is 11.6. The number of hydrogen-bond acceptors (Lipinski definition) is 4. The lowest BCUT2D eigenvalue weighted by atomic mass is 10.1. The van der Waals surface area contributed by atoms with Crippen LogP contribution in [0.4, 0.5) is 4.79 Å². The molecule has 22 heavy (non-hydrogen) atoms. The molecule has 0 spiro atoms. The highest BCUT2D eigenvalue weighted by Gasteiger charge is 2.23. The van der Waals surface area contributed by atoms with Crippen LogP contribution in [-0.4, -0.2) is 62.4 Å². The predicted octanol–water partition coefficient (Wildman–Crippen LogP) is 1.10. The number of hydrogen-bond donors (Lipinski definition) is 2. The van der Waals surface area contributed by atoms with Crippen LogP contribution in [0.25, 0.3) is 0 Å². The maximum absolute atomic E-state index is 11.6. The van der Waals surface area contributed by atoms with Crippen LogP contribution in [-0.2, 0) is 9.47 Å². The summed E-state index contributed by atoms with van der Waals surface area (Å²) >= 11 is 0. The number of aliphatic imine (C=N–C) groups is 1. The van der Waals surface area contributed by atoms with Crippen LogP contribution in [0.15, 0.2) is 17.1 Å². The van der Waals surface area contributed by atoms with E-state index in [4.69, 9.17) is 15.2 Å². The summed E-state index contributed by atoms with van der Waals surface area (Å²) in [6, 6.07) is 0.241. The fourth-order valence-electron chi connectivity index (χ4n) is 2.15. The lowest BCUT2D eigenvalue weighted by molar-refractivity contribution is 0.0963. The minimum absolute atomic E-state index is 0.239. The zero-order chi connectivity index (χ0) is 16.4. The number of carbonyl (C=O) groups is 1. The Bertz CT molecular complexity index is 390. The zero-order valence-corrected chi connectivity index (χ0v) is 13.6. The van der Waals surface area contributed by atoms with E-state index in [0.29, 0.717) is 45.4 Å². The Balaban J connectivity index is 2.19. The van der Waals surface area contributed by atoms with Gasteiger partial charge < -0.3 is 25.4 Å². The van der Waals surface area contributed by atoms with Gasteiger partial charge >= 0.3 is 6.09 Å². The van der Waals surface area contributed by atoms with E-state index in [1.807, 2.05) is 13.8 Å². The SMILES string of the molecule is C=C(C)COCCN=C(N)NC1CCN(C(=O)OCC)CC1. The van der Waals surface area contributed by atoms with Crippen molar-refractivity contribution in [1.82, 2.24) is 10.2 Å². The molecule has 0 unspecified atom stereocenters. The number of piperidine rings is 1. The topological polar surface area (TPSA) is 89.2 Å². The van der Waals surface area contributed by atoms with Crippen molar-refractivity contribution in [1.29, 1.82) is 0 Å². The van der Waals surface area contributed by atoms with Gasteiger partial charge in [0.1, 0.15) is 0 Å². The minimum atomic E-state index is -0.239. The van der Waals surface area contributed by atoms with Gasteiger partial charge in [-0.15, -0.1) is 0 Å². The molecule has 1 fully saturated rings. The molecule has 1 rings (SSSR count). The number of amides is 1. The van der Waals surface area contributed by atoms with Crippen molar-refractivity contribution in [2.24, 2.45) is 10.7 Å². The van der Waals surface area contributed by atoms with Crippen molar-refractivity contribution >= 4 is 12.1 Å². The van der Waals surface area contributed by atoms with Gasteiger partial charge in [0, 0.05) is 19.1 Å². The van der Waals surface area contributed by atoms with Gasteiger partial charge in [-0.2, -0.15) is 0 Å². The Labute approximate surface area is 132 Å². The molecule has 1 aliphatic heterocycles. The molecule has 1 amide bonds. The number of guanidine groups is 1. The molecule has 0 bridgehead atoms. The Hall–Kier alpha value is -1.76. The molecule has 0 aliphatic carbocycles. The van der Waals surface area contributed by atoms with Crippen molar-refractivity contribution in [2.45, 2.75) is 32.7 Å². The summed E-state index contributed by atoms with van der Waals surface area (Å²) in [5.74, 6) is 0.425. The normalized spacial score (nSPS) is 16.5. The van der Waals surface area contributed by atoms with Crippen molar-refractivity contribution in [3.8, 4) is 0 Å². The Kier molecular flexibility index (Phi) is 8.35. The van der Waals surface area contributed by atoms with Gasteiger partial charge in [0.05, 0.1) is 26.4 Å². The van der Waals surface area contributed by atoms with E-state index in [2.05, 4.69) is 16.9 Å². The molecule has 126 valence electrons. The van der Waals surface area contributed by atoms with E-state index < -0.39 is 0 Å². The molecule has 0 aromatic rings. The number of likely N-dealkylation sites (tertiary alicyclic amines) is 1. The zero-order valence-electron chi connectivity index (χ0n) is 13.6. The quantitative estimate of drug-likeness (QED) is 0.318. The van der Waals surface area contributed by atoms with Gasteiger partial charge in [0.15, 0.2) is 5.96 Å². The third kappa shape index (κ3) is 7.31. The highest BCUT2D eigenvalue weighted by Crippen LogP contribution is 2.11.